The van der Waals surface area contributed by atoms with Gasteiger partial charge in [0.15, 0.2) is 5.16 Å². The molecule has 3 aromatic rings. The molecule has 1 aromatic heterocycles. The Morgan fingerprint density at radius 1 is 1.12 bits per heavy atom. The summed E-state index contributed by atoms with van der Waals surface area (Å²) >= 11 is 1.44. The van der Waals surface area contributed by atoms with Crippen LogP contribution in [-0.4, -0.2) is 21.2 Å². The number of aromatic nitrogens is 2. The van der Waals surface area contributed by atoms with Crippen LogP contribution in [0.5, 0.6) is 0 Å². The first-order chi connectivity index (χ1) is 12.1. The lowest BCUT2D eigenvalue weighted by molar-refractivity contribution is -0.118. The lowest BCUT2D eigenvalue weighted by atomic mass is 10.1. The third-order valence-electron chi connectivity index (χ3n) is 3.76. The number of carbonyl (C=O) groups excluding carboxylic acids is 1. The van der Waals surface area contributed by atoms with Gasteiger partial charge in [-0.3, -0.25) is 9.36 Å². The summed E-state index contributed by atoms with van der Waals surface area (Å²) in [6.07, 6.45) is 3.69. The van der Waals surface area contributed by atoms with Crippen molar-refractivity contribution in [2.24, 2.45) is 0 Å². The second-order valence-electron chi connectivity index (χ2n) is 5.98. The first-order valence-corrected chi connectivity index (χ1v) is 9.16. The van der Waals surface area contributed by atoms with E-state index < -0.39 is 0 Å². The van der Waals surface area contributed by atoms with Crippen LogP contribution in [0.15, 0.2) is 66.1 Å². The maximum Gasteiger partial charge on any atom is 0.230 e. The van der Waals surface area contributed by atoms with E-state index in [1.54, 1.807) is 6.20 Å². The molecule has 0 atom stereocenters. The summed E-state index contributed by atoms with van der Waals surface area (Å²) in [5, 5.41) is 3.76. The Labute approximate surface area is 152 Å². The van der Waals surface area contributed by atoms with Crippen LogP contribution in [0.3, 0.4) is 0 Å². The normalized spacial score (nSPS) is 10.6. The van der Waals surface area contributed by atoms with Crippen molar-refractivity contribution in [3.63, 3.8) is 0 Å². The van der Waals surface area contributed by atoms with Crippen molar-refractivity contribution in [1.82, 2.24) is 14.9 Å². The van der Waals surface area contributed by atoms with E-state index in [4.69, 9.17) is 0 Å². The van der Waals surface area contributed by atoms with Gasteiger partial charge >= 0.3 is 0 Å². The van der Waals surface area contributed by atoms with E-state index in [1.165, 1.54) is 22.9 Å². The molecule has 2 aromatic carbocycles. The molecular formula is C20H21N3OS. The standard InChI is InChI=1S/C20H21N3OS/c1-15-10-16(2)12-18(11-15)23-9-8-21-20(23)25-14-19(24)22-13-17-6-4-3-5-7-17/h3-12H,13-14H2,1-2H3,(H,22,24). The van der Waals surface area contributed by atoms with Gasteiger partial charge in [-0.15, -0.1) is 0 Å². The maximum absolute atomic E-state index is 12.1. The molecular weight excluding hydrogens is 330 g/mol. The Hall–Kier alpha value is -2.53. The van der Waals surface area contributed by atoms with Crippen molar-refractivity contribution < 1.29 is 4.79 Å². The van der Waals surface area contributed by atoms with Crippen LogP contribution in [0.2, 0.25) is 0 Å². The minimum absolute atomic E-state index is 0.00354. The largest absolute Gasteiger partial charge is 0.351 e. The topological polar surface area (TPSA) is 46.9 Å². The number of hydrogen-bond donors (Lipinski definition) is 1. The lowest BCUT2D eigenvalue weighted by Crippen LogP contribution is -2.24. The van der Waals surface area contributed by atoms with Gasteiger partial charge in [0.25, 0.3) is 0 Å². The molecule has 25 heavy (non-hydrogen) atoms. The van der Waals surface area contributed by atoms with Crippen LogP contribution in [0.25, 0.3) is 5.69 Å². The van der Waals surface area contributed by atoms with E-state index in [1.807, 2.05) is 41.1 Å². The fourth-order valence-electron chi connectivity index (χ4n) is 2.66. The Bertz CT molecular complexity index is 838. The average molecular weight is 351 g/mol. The van der Waals surface area contributed by atoms with E-state index in [-0.39, 0.29) is 5.91 Å². The molecule has 0 radical (unpaired) electrons. The highest BCUT2D eigenvalue weighted by Gasteiger charge is 2.09. The van der Waals surface area contributed by atoms with Gasteiger partial charge in [-0.2, -0.15) is 0 Å². The monoisotopic (exact) mass is 351 g/mol. The van der Waals surface area contributed by atoms with Crippen LogP contribution < -0.4 is 5.32 Å². The molecule has 1 amide bonds. The number of thioether (sulfide) groups is 1. The molecule has 0 fully saturated rings. The third kappa shape index (κ3) is 4.73. The zero-order valence-electron chi connectivity index (χ0n) is 14.4. The van der Waals surface area contributed by atoms with Crippen LogP contribution in [0, 0.1) is 13.8 Å². The lowest BCUT2D eigenvalue weighted by Gasteiger charge is -2.10. The van der Waals surface area contributed by atoms with E-state index in [0.29, 0.717) is 12.3 Å². The van der Waals surface area contributed by atoms with Crippen molar-refractivity contribution in [1.29, 1.82) is 0 Å². The highest BCUT2D eigenvalue weighted by Crippen LogP contribution is 2.22. The number of nitrogens with zero attached hydrogens (tertiary/aromatic N) is 2. The minimum atomic E-state index is 0.00354. The SMILES string of the molecule is Cc1cc(C)cc(-n2ccnc2SCC(=O)NCc2ccccc2)c1. The zero-order chi connectivity index (χ0) is 17.6. The summed E-state index contributed by atoms with van der Waals surface area (Å²) < 4.78 is 2.02. The fraction of sp³-hybridized carbons (Fsp3) is 0.200. The average Bonchev–Trinajstić information content (AvgIpc) is 3.07. The predicted octanol–water partition coefficient (Wildman–Crippen LogP) is 3.90. The fourth-order valence-corrected chi connectivity index (χ4v) is 3.46. The molecule has 4 nitrogen and oxygen atoms in total. The van der Waals surface area contributed by atoms with Crippen molar-refractivity contribution in [3.05, 3.63) is 77.6 Å². The van der Waals surface area contributed by atoms with Gasteiger partial charge < -0.3 is 5.32 Å². The molecule has 1 heterocycles. The van der Waals surface area contributed by atoms with Gasteiger partial charge in [0.05, 0.1) is 5.75 Å². The number of aryl methyl sites for hydroxylation is 2. The molecule has 0 saturated heterocycles. The zero-order valence-corrected chi connectivity index (χ0v) is 15.2. The predicted molar refractivity (Wildman–Crippen MR) is 102 cm³/mol. The highest BCUT2D eigenvalue weighted by atomic mass is 32.2. The Kier molecular flexibility index (Phi) is 5.56. The first kappa shape index (κ1) is 17.3. The minimum Gasteiger partial charge on any atom is -0.351 e. The molecule has 5 heteroatoms. The second-order valence-corrected chi connectivity index (χ2v) is 6.92. The number of imidazole rings is 1. The van der Waals surface area contributed by atoms with E-state index in [9.17, 15) is 4.79 Å². The number of carbonyl (C=O) groups is 1. The molecule has 0 bridgehead atoms. The van der Waals surface area contributed by atoms with Gasteiger partial charge in [-0.25, -0.2) is 4.98 Å². The Morgan fingerprint density at radius 3 is 2.56 bits per heavy atom. The van der Waals surface area contributed by atoms with Gasteiger partial charge in [0.1, 0.15) is 0 Å². The molecule has 0 aliphatic heterocycles. The van der Waals surface area contributed by atoms with Gasteiger partial charge in [0.2, 0.25) is 5.91 Å². The summed E-state index contributed by atoms with van der Waals surface area (Å²) in [7, 11) is 0. The van der Waals surface area contributed by atoms with Crippen molar-refractivity contribution >= 4 is 17.7 Å². The van der Waals surface area contributed by atoms with Crippen LogP contribution in [0.1, 0.15) is 16.7 Å². The van der Waals surface area contributed by atoms with Gasteiger partial charge in [0, 0.05) is 24.6 Å². The molecule has 3 rings (SSSR count). The molecule has 0 aliphatic rings. The van der Waals surface area contributed by atoms with Crippen molar-refractivity contribution in [3.8, 4) is 5.69 Å². The smallest absolute Gasteiger partial charge is 0.230 e. The first-order valence-electron chi connectivity index (χ1n) is 8.17. The molecule has 0 unspecified atom stereocenters. The summed E-state index contributed by atoms with van der Waals surface area (Å²) in [4.78, 5) is 16.5. The maximum atomic E-state index is 12.1. The second kappa shape index (κ2) is 8.03. The Morgan fingerprint density at radius 2 is 1.84 bits per heavy atom. The number of rotatable bonds is 6. The number of benzene rings is 2. The molecule has 1 N–H and O–H groups in total. The molecule has 128 valence electrons. The summed E-state index contributed by atoms with van der Waals surface area (Å²) in [5.41, 5.74) is 4.58. The van der Waals surface area contributed by atoms with Crippen molar-refractivity contribution in [2.45, 2.75) is 25.5 Å². The molecule has 0 spiro atoms. The summed E-state index contributed by atoms with van der Waals surface area (Å²) in [6.45, 7) is 4.71. The Balaban J connectivity index is 1.60. The van der Waals surface area contributed by atoms with E-state index in [0.717, 1.165) is 16.4 Å². The molecule has 0 aliphatic carbocycles. The number of amides is 1. The van der Waals surface area contributed by atoms with Gasteiger partial charge in [-0.1, -0.05) is 48.2 Å². The van der Waals surface area contributed by atoms with Gasteiger partial charge in [-0.05, 0) is 42.7 Å². The molecule has 0 saturated carbocycles. The quantitative estimate of drug-likeness (QED) is 0.685. The number of hydrogen-bond acceptors (Lipinski definition) is 3. The summed E-state index contributed by atoms with van der Waals surface area (Å²) in [5.74, 6) is 0.345. The van der Waals surface area contributed by atoms with Crippen molar-refractivity contribution in [2.75, 3.05) is 5.75 Å². The van der Waals surface area contributed by atoms with E-state index >= 15 is 0 Å². The van der Waals surface area contributed by atoms with Crippen LogP contribution in [0.4, 0.5) is 0 Å². The van der Waals surface area contributed by atoms with Crippen LogP contribution in [-0.2, 0) is 11.3 Å². The third-order valence-corrected chi connectivity index (χ3v) is 4.72. The summed E-state index contributed by atoms with van der Waals surface area (Å²) in [6, 6.07) is 16.3. The highest BCUT2D eigenvalue weighted by molar-refractivity contribution is 7.99. The van der Waals surface area contributed by atoms with E-state index in [2.05, 4.69) is 42.3 Å². The number of nitrogens with one attached hydrogen (secondary N) is 1. The van der Waals surface area contributed by atoms with Crippen LogP contribution >= 0.6 is 11.8 Å².